The van der Waals surface area contributed by atoms with Crippen LogP contribution in [-0.4, -0.2) is 30.4 Å². The highest BCUT2D eigenvalue weighted by Crippen LogP contribution is 2.37. The summed E-state index contributed by atoms with van der Waals surface area (Å²) < 4.78 is 5.41. The van der Waals surface area contributed by atoms with E-state index in [4.69, 9.17) is 4.74 Å². The molecule has 0 aliphatic carbocycles. The van der Waals surface area contributed by atoms with Crippen molar-refractivity contribution in [1.82, 2.24) is 4.90 Å². The van der Waals surface area contributed by atoms with Crippen LogP contribution in [0.2, 0.25) is 0 Å². The molecule has 4 rings (SSSR count). The maximum Gasteiger partial charge on any atom is 0.278 e. The van der Waals surface area contributed by atoms with Crippen molar-refractivity contribution in [2.45, 2.75) is 18.2 Å². The minimum absolute atomic E-state index is 0.276. The summed E-state index contributed by atoms with van der Waals surface area (Å²) >= 11 is 1.30. The Kier molecular flexibility index (Phi) is 6.61. The lowest BCUT2D eigenvalue weighted by molar-refractivity contribution is -0.137. The lowest BCUT2D eigenvalue weighted by atomic mass is 10.1. The summed E-state index contributed by atoms with van der Waals surface area (Å²) in [6, 6.07) is 25.1. The van der Waals surface area contributed by atoms with E-state index in [1.165, 1.54) is 16.7 Å². The van der Waals surface area contributed by atoms with E-state index >= 15 is 0 Å². The summed E-state index contributed by atoms with van der Waals surface area (Å²) in [6.45, 7) is 2.33. The Hall–Kier alpha value is -3.51. The largest absolute Gasteiger partial charge is 0.495 e. The second-order valence-electron chi connectivity index (χ2n) is 7.44. The number of carbonyl (C=O) groups is 2. The molecule has 0 radical (unpaired) electrons. The number of thioether (sulfide) groups is 1. The van der Waals surface area contributed by atoms with Gasteiger partial charge >= 0.3 is 0 Å². The van der Waals surface area contributed by atoms with Gasteiger partial charge in [0.15, 0.2) is 0 Å². The van der Waals surface area contributed by atoms with Crippen LogP contribution in [0.25, 0.3) is 0 Å². The van der Waals surface area contributed by atoms with Gasteiger partial charge in [-0.25, -0.2) is 0 Å². The number of methoxy groups -OCH3 is 1. The molecule has 1 aliphatic rings. The molecule has 0 fully saturated rings. The third kappa shape index (κ3) is 4.70. The predicted octanol–water partition coefficient (Wildman–Crippen LogP) is 5.03. The quantitative estimate of drug-likeness (QED) is 0.494. The van der Waals surface area contributed by atoms with E-state index in [0.717, 1.165) is 16.0 Å². The van der Waals surface area contributed by atoms with Crippen LogP contribution in [0.5, 0.6) is 5.75 Å². The molecule has 0 atom stereocenters. The maximum absolute atomic E-state index is 13.3. The number of amides is 2. The van der Waals surface area contributed by atoms with Crippen molar-refractivity contribution in [3.8, 4) is 5.75 Å². The van der Waals surface area contributed by atoms with E-state index in [9.17, 15) is 9.59 Å². The van der Waals surface area contributed by atoms with Gasteiger partial charge in [0.05, 0.1) is 12.8 Å². The van der Waals surface area contributed by atoms with Crippen LogP contribution < -0.4 is 10.1 Å². The number of rotatable bonds is 8. The Morgan fingerprint density at radius 3 is 2.28 bits per heavy atom. The minimum atomic E-state index is -0.327. The highest BCUT2D eigenvalue weighted by molar-refractivity contribution is 8.04. The van der Waals surface area contributed by atoms with Crippen LogP contribution in [0, 0.1) is 6.92 Å². The molecule has 1 aliphatic heterocycles. The SMILES string of the molecule is COc1ccccc1NC1=C(Sc2ccc(C)cc2)C(=O)N(CCc2ccccc2)C1=O. The number of carbonyl (C=O) groups excluding carboxylic acids is 2. The average molecular weight is 445 g/mol. The molecule has 1 heterocycles. The fraction of sp³-hybridized carbons (Fsp3) is 0.154. The Morgan fingerprint density at radius 1 is 0.875 bits per heavy atom. The van der Waals surface area contributed by atoms with Crippen molar-refractivity contribution < 1.29 is 14.3 Å². The number of aryl methyl sites for hydroxylation is 1. The molecule has 32 heavy (non-hydrogen) atoms. The Morgan fingerprint density at radius 2 is 1.56 bits per heavy atom. The first-order valence-corrected chi connectivity index (χ1v) is 11.2. The standard InChI is InChI=1S/C26H24N2O3S/c1-18-12-14-20(15-13-18)32-24-23(27-21-10-6-7-11-22(21)31-2)25(29)28(26(24)30)17-16-19-8-4-3-5-9-19/h3-15,27H,16-17H2,1-2H3. The predicted molar refractivity (Wildman–Crippen MR) is 128 cm³/mol. The van der Waals surface area contributed by atoms with Crippen LogP contribution in [0.3, 0.4) is 0 Å². The average Bonchev–Trinajstić information content (AvgIpc) is 3.03. The Bertz CT molecular complexity index is 1160. The minimum Gasteiger partial charge on any atom is -0.495 e. The number of para-hydroxylation sites is 2. The van der Waals surface area contributed by atoms with Crippen molar-refractivity contribution in [3.05, 3.63) is 101 Å². The lowest BCUT2D eigenvalue weighted by Crippen LogP contribution is -2.34. The first-order chi connectivity index (χ1) is 15.6. The molecule has 1 N–H and O–H groups in total. The summed E-state index contributed by atoms with van der Waals surface area (Å²) in [6.07, 6.45) is 0.600. The molecule has 5 nitrogen and oxygen atoms in total. The molecule has 2 amide bonds. The number of hydrogen-bond donors (Lipinski definition) is 1. The lowest BCUT2D eigenvalue weighted by Gasteiger charge is -2.15. The monoisotopic (exact) mass is 444 g/mol. The smallest absolute Gasteiger partial charge is 0.278 e. The molecule has 0 bridgehead atoms. The van der Waals surface area contributed by atoms with Crippen LogP contribution in [0.4, 0.5) is 5.69 Å². The number of hydrogen-bond acceptors (Lipinski definition) is 5. The van der Waals surface area contributed by atoms with Gasteiger partial charge in [-0.3, -0.25) is 14.5 Å². The summed E-state index contributed by atoms with van der Waals surface area (Å²) in [4.78, 5) is 29.3. The zero-order valence-electron chi connectivity index (χ0n) is 18.0. The number of benzene rings is 3. The number of ether oxygens (including phenoxy) is 1. The van der Waals surface area contributed by atoms with Crippen molar-refractivity contribution in [3.63, 3.8) is 0 Å². The van der Waals surface area contributed by atoms with Crippen LogP contribution >= 0.6 is 11.8 Å². The fourth-order valence-electron chi connectivity index (χ4n) is 3.45. The molecule has 6 heteroatoms. The van der Waals surface area contributed by atoms with Crippen LogP contribution in [-0.2, 0) is 16.0 Å². The molecule has 0 saturated heterocycles. The van der Waals surface area contributed by atoms with Gasteiger partial charge in [-0.15, -0.1) is 0 Å². The summed E-state index contributed by atoms with van der Waals surface area (Å²) in [7, 11) is 1.57. The normalized spacial score (nSPS) is 13.6. The number of nitrogens with one attached hydrogen (secondary N) is 1. The summed E-state index contributed by atoms with van der Waals surface area (Å²) in [5, 5.41) is 3.17. The molecule has 3 aromatic carbocycles. The molecular formula is C26H24N2O3S. The van der Waals surface area contributed by atoms with E-state index in [1.54, 1.807) is 7.11 Å². The van der Waals surface area contributed by atoms with Crippen molar-refractivity contribution in [1.29, 1.82) is 0 Å². The second-order valence-corrected chi connectivity index (χ2v) is 8.53. The van der Waals surface area contributed by atoms with Crippen molar-refractivity contribution >= 4 is 29.3 Å². The van der Waals surface area contributed by atoms with Gasteiger partial charge in [-0.2, -0.15) is 0 Å². The van der Waals surface area contributed by atoms with Gasteiger partial charge in [0.25, 0.3) is 11.8 Å². The summed E-state index contributed by atoms with van der Waals surface area (Å²) in [5.41, 5.74) is 3.12. The molecule has 0 unspecified atom stereocenters. The van der Waals surface area contributed by atoms with Gasteiger partial charge in [0.2, 0.25) is 0 Å². The van der Waals surface area contributed by atoms with E-state index in [0.29, 0.717) is 29.3 Å². The summed E-state index contributed by atoms with van der Waals surface area (Å²) in [5.74, 6) is -0.0111. The Balaban J connectivity index is 1.64. The van der Waals surface area contributed by atoms with Crippen molar-refractivity contribution in [2.75, 3.05) is 19.0 Å². The molecule has 3 aromatic rings. The van der Waals surface area contributed by atoms with Crippen LogP contribution in [0.1, 0.15) is 11.1 Å². The second kappa shape index (κ2) is 9.75. The highest BCUT2D eigenvalue weighted by atomic mass is 32.2. The zero-order valence-corrected chi connectivity index (χ0v) is 18.8. The molecule has 0 spiro atoms. The third-order valence-electron chi connectivity index (χ3n) is 5.20. The fourth-order valence-corrected chi connectivity index (χ4v) is 4.40. The zero-order chi connectivity index (χ0) is 22.5. The maximum atomic E-state index is 13.3. The van der Waals surface area contributed by atoms with Gasteiger partial charge in [0.1, 0.15) is 16.4 Å². The molecule has 0 aromatic heterocycles. The topological polar surface area (TPSA) is 58.6 Å². The van der Waals surface area contributed by atoms with Gasteiger partial charge in [-0.1, -0.05) is 71.9 Å². The molecular weight excluding hydrogens is 420 g/mol. The van der Waals surface area contributed by atoms with E-state index in [1.807, 2.05) is 85.8 Å². The molecule has 0 saturated carbocycles. The number of imide groups is 1. The molecule has 162 valence electrons. The van der Waals surface area contributed by atoms with Crippen molar-refractivity contribution in [2.24, 2.45) is 0 Å². The first-order valence-electron chi connectivity index (χ1n) is 10.4. The van der Waals surface area contributed by atoms with E-state index in [2.05, 4.69) is 5.32 Å². The van der Waals surface area contributed by atoms with Gasteiger partial charge in [0, 0.05) is 11.4 Å². The number of anilines is 1. The highest BCUT2D eigenvalue weighted by Gasteiger charge is 2.39. The Labute approximate surface area is 192 Å². The van der Waals surface area contributed by atoms with E-state index < -0.39 is 0 Å². The van der Waals surface area contributed by atoms with Gasteiger partial charge < -0.3 is 10.1 Å². The number of nitrogens with zero attached hydrogens (tertiary/aromatic N) is 1. The van der Waals surface area contributed by atoms with E-state index in [-0.39, 0.29) is 17.5 Å². The van der Waals surface area contributed by atoms with Gasteiger partial charge in [-0.05, 0) is 43.2 Å². The first kappa shape index (κ1) is 21.7. The third-order valence-corrected chi connectivity index (χ3v) is 6.29. The van der Waals surface area contributed by atoms with Crippen LogP contribution in [0.15, 0.2) is 94.4 Å².